The Bertz CT molecular complexity index is 1070. The number of aryl methyl sites for hydroxylation is 1. The molecule has 0 saturated heterocycles. The van der Waals surface area contributed by atoms with Crippen LogP contribution in [0.5, 0.6) is 0 Å². The van der Waals surface area contributed by atoms with Crippen molar-refractivity contribution in [2.24, 2.45) is 7.05 Å². The smallest absolute Gasteiger partial charge is 0.180 e. The number of para-hydroxylation sites is 2. The van der Waals surface area contributed by atoms with E-state index in [1.807, 2.05) is 54.1 Å². The van der Waals surface area contributed by atoms with Gasteiger partial charge in [-0.25, -0.2) is 4.98 Å². The monoisotopic (exact) mass is 359 g/mol. The van der Waals surface area contributed by atoms with Crippen molar-refractivity contribution in [2.75, 3.05) is 0 Å². The van der Waals surface area contributed by atoms with E-state index in [0.29, 0.717) is 17.0 Å². The van der Waals surface area contributed by atoms with Gasteiger partial charge in [0.25, 0.3) is 0 Å². The molecule has 0 unspecified atom stereocenters. The van der Waals surface area contributed by atoms with E-state index >= 15 is 0 Å². The highest BCUT2D eigenvalue weighted by molar-refractivity contribution is 5.76. The molecule has 2 aromatic heterocycles. The van der Waals surface area contributed by atoms with Crippen LogP contribution in [0.25, 0.3) is 11.0 Å². The minimum absolute atomic E-state index is 0.365. The molecule has 0 spiro atoms. The Labute approximate surface area is 157 Å². The molecule has 0 aliphatic rings. The molecule has 2 aromatic carbocycles. The van der Waals surface area contributed by atoms with Crippen LogP contribution >= 0.6 is 0 Å². The maximum Gasteiger partial charge on any atom is 0.180 e. The number of pyridine rings is 1. The second kappa shape index (κ2) is 6.30. The van der Waals surface area contributed by atoms with Crippen molar-refractivity contribution in [3.63, 3.8) is 0 Å². The second-order valence-electron chi connectivity index (χ2n) is 6.87. The van der Waals surface area contributed by atoms with Gasteiger partial charge in [0, 0.05) is 25.0 Å². The zero-order valence-electron chi connectivity index (χ0n) is 15.2. The summed E-state index contributed by atoms with van der Waals surface area (Å²) in [5.74, 6) is 0.365. The molecule has 4 aromatic rings. The molecule has 2 heterocycles. The highest BCUT2D eigenvalue weighted by Crippen LogP contribution is 2.45. The third-order valence-electron chi connectivity index (χ3n) is 5.23. The van der Waals surface area contributed by atoms with Crippen LogP contribution in [0.4, 0.5) is 0 Å². The van der Waals surface area contributed by atoms with Gasteiger partial charge in [-0.3, -0.25) is 4.98 Å². The van der Waals surface area contributed by atoms with Gasteiger partial charge in [0.05, 0.1) is 11.0 Å². The third kappa shape index (κ3) is 2.55. The number of imidazole rings is 1. The number of aromatic nitrogens is 3. The van der Waals surface area contributed by atoms with Crippen molar-refractivity contribution in [1.82, 2.24) is 14.5 Å². The summed E-state index contributed by atoms with van der Waals surface area (Å²) in [6, 6.07) is 20.3. The molecule has 0 aliphatic heterocycles. The van der Waals surface area contributed by atoms with E-state index in [2.05, 4.69) is 9.97 Å². The summed E-state index contributed by atoms with van der Waals surface area (Å²) in [6.07, 6.45) is 3.20. The minimum atomic E-state index is -1.79. The summed E-state index contributed by atoms with van der Waals surface area (Å²) in [5.41, 5.74) is -0.765. The van der Waals surface area contributed by atoms with Gasteiger partial charge >= 0.3 is 0 Å². The number of benzene rings is 2. The number of nitrogens with zero attached hydrogens (tertiary/aromatic N) is 3. The summed E-state index contributed by atoms with van der Waals surface area (Å²) in [7, 11) is 1.85. The molecule has 136 valence electrons. The molecule has 2 N–H and O–H groups in total. The number of rotatable bonds is 4. The fourth-order valence-electron chi connectivity index (χ4n) is 3.64. The zero-order chi connectivity index (χ0) is 19.1. The van der Waals surface area contributed by atoms with Crippen LogP contribution in [0.15, 0.2) is 79.1 Å². The average molecular weight is 359 g/mol. The van der Waals surface area contributed by atoms with Crippen LogP contribution in [0.3, 0.4) is 0 Å². The lowest BCUT2D eigenvalue weighted by Gasteiger charge is -2.41. The van der Waals surface area contributed by atoms with Crippen molar-refractivity contribution in [1.29, 1.82) is 0 Å². The summed E-state index contributed by atoms with van der Waals surface area (Å²) in [5, 5.41) is 23.7. The lowest BCUT2D eigenvalue weighted by Crippen LogP contribution is -2.49. The zero-order valence-corrected chi connectivity index (χ0v) is 15.2. The maximum atomic E-state index is 12.1. The molecular formula is C22H21N3O2. The first kappa shape index (κ1) is 17.4. The number of hydrogen-bond acceptors (Lipinski definition) is 4. The lowest BCUT2D eigenvalue weighted by atomic mass is 9.74. The average Bonchev–Trinajstić information content (AvgIpc) is 3.06. The Morgan fingerprint density at radius 3 is 2.19 bits per heavy atom. The van der Waals surface area contributed by atoms with Gasteiger partial charge in [-0.15, -0.1) is 0 Å². The fraction of sp³-hybridized carbons (Fsp3) is 0.182. The highest BCUT2D eigenvalue weighted by Gasteiger charge is 2.52. The van der Waals surface area contributed by atoms with E-state index in [1.54, 1.807) is 43.6 Å². The summed E-state index contributed by atoms with van der Waals surface area (Å²) in [6.45, 7) is 1.59. The molecule has 2 atom stereocenters. The molecule has 0 aliphatic carbocycles. The number of hydrogen-bond donors (Lipinski definition) is 2. The summed E-state index contributed by atoms with van der Waals surface area (Å²) >= 11 is 0. The van der Waals surface area contributed by atoms with Crippen molar-refractivity contribution in [2.45, 2.75) is 18.1 Å². The molecule has 0 amide bonds. The number of fused-ring (bicyclic) bond motifs is 1. The molecule has 0 fully saturated rings. The standard InChI is InChI=1S/C22H21N3O2/c1-21(26,17-11-8-14-23-15-17)22(27,16-9-4-3-5-10-16)20-24-18-12-6-7-13-19(18)25(20)2/h3-15,26-27H,1-2H3/t21-,22-/m1/s1. The predicted molar refractivity (Wildman–Crippen MR) is 104 cm³/mol. The maximum absolute atomic E-state index is 12.1. The van der Waals surface area contributed by atoms with Crippen molar-refractivity contribution in [3.05, 3.63) is 96.1 Å². The normalized spacial score (nSPS) is 16.0. The lowest BCUT2D eigenvalue weighted by molar-refractivity contribution is -0.134. The Hall–Kier alpha value is -3.02. The molecule has 4 rings (SSSR count). The van der Waals surface area contributed by atoms with Crippen molar-refractivity contribution < 1.29 is 10.2 Å². The minimum Gasteiger partial charge on any atom is -0.381 e. The van der Waals surface area contributed by atoms with Crippen LogP contribution < -0.4 is 0 Å². The first-order valence-corrected chi connectivity index (χ1v) is 8.79. The van der Waals surface area contributed by atoms with Crippen LogP contribution in [-0.4, -0.2) is 24.7 Å². The highest BCUT2D eigenvalue weighted by atomic mass is 16.4. The fourth-order valence-corrected chi connectivity index (χ4v) is 3.64. The van der Waals surface area contributed by atoms with Crippen molar-refractivity contribution in [3.8, 4) is 0 Å². The topological polar surface area (TPSA) is 71.2 Å². The van der Waals surface area contributed by atoms with Gasteiger partial charge in [-0.2, -0.15) is 0 Å². The number of aliphatic hydroxyl groups is 2. The Kier molecular flexibility index (Phi) is 4.06. The van der Waals surface area contributed by atoms with Crippen molar-refractivity contribution >= 4 is 11.0 Å². The Balaban J connectivity index is 2.04. The second-order valence-corrected chi connectivity index (χ2v) is 6.87. The van der Waals surface area contributed by atoms with E-state index < -0.39 is 11.2 Å². The molecule has 0 bridgehead atoms. The summed E-state index contributed by atoms with van der Waals surface area (Å²) in [4.78, 5) is 8.80. The first-order valence-electron chi connectivity index (χ1n) is 8.79. The van der Waals surface area contributed by atoms with Gasteiger partial charge < -0.3 is 14.8 Å². The predicted octanol–water partition coefficient (Wildman–Crippen LogP) is 3.11. The first-order chi connectivity index (χ1) is 13.0. The SMILES string of the molecule is Cn1c([C@](O)(c2ccccc2)[C@](C)(O)c2cccnc2)nc2ccccc21. The molecule has 0 radical (unpaired) electrons. The third-order valence-corrected chi connectivity index (χ3v) is 5.23. The van der Waals surface area contributed by atoms with Gasteiger partial charge in [-0.05, 0) is 30.7 Å². The van der Waals surface area contributed by atoms with Gasteiger partial charge in [0.15, 0.2) is 5.60 Å². The Morgan fingerprint density at radius 1 is 0.852 bits per heavy atom. The van der Waals surface area contributed by atoms with Gasteiger partial charge in [0.2, 0.25) is 0 Å². The van der Waals surface area contributed by atoms with Crippen LogP contribution in [0.2, 0.25) is 0 Å². The Morgan fingerprint density at radius 2 is 1.52 bits per heavy atom. The molecular weight excluding hydrogens is 338 g/mol. The molecule has 27 heavy (non-hydrogen) atoms. The van der Waals surface area contributed by atoms with E-state index in [-0.39, 0.29) is 0 Å². The summed E-state index contributed by atoms with van der Waals surface area (Å²) < 4.78 is 1.83. The van der Waals surface area contributed by atoms with Crippen LogP contribution in [0, 0.1) is 0 Å². The van der Waals surface area contributed by atoms with E-state index in [4.69, 9.17) is 0 Å². The molecule has 0 saturated carbocycles. The van der Waals surface area contributed by atoms with Gasteiger partial charge in [0.1, 0.15) is 11.4 Å². The van der Waals surface area contributed by atoms with E-state index in [0.717, 1.165) is 11.0 Å². The molecule has 5 nitrogen and oxygen atoms in total. The van der Waals surface area contributed by atoms with Crippen LogP contribution in [0.1, 0.15) is 23.9 Å². The van der Waals surface area contributed by atoms with E-state index in [1.165, 1.54) is 0 Å². The van der Waals surface area contributed by atoms with E-state index in [9.17, 15) is 10.2 Å². The largest absolute Gasteiger partial charge is 0.381 e. The quantitative estimate of drug-likeness (QED) is 0.587. The van der Waals surface area contributed by atoms with Gasteiger partial charge in [-0.1, -0.05) is 48.5 Å². The molecule has 5 heteroatoms. The van der Waals surface area contributed by atoms with Crippen LogP contribution in [-0.2, 0) is 18.2 Å².